The predicted molar refractivity (Wildman–Crippen MR) is 156 cm³/mol. The summed E-state index contributed by atoms with van der Waals surface area (Å²) in [5.74, 6) is -0.0890. The topological polar surface area (TPSA) is 108 Å². The fourth-order valence-electron chi connectivity index (χ4n) is 5.01. The van der Waals surface area contributed by atoms with Gasteiger partial charge in [-0.1, -0.05) is 24.3 Å². The average molecular weight is 611 g/mol. The second-order valence-corrected chi connectivity index (χ2v) is 11.5. The number of hydrogen-bond donors (Lipinski definition) is 1. The third-order valence-electron chi connectivity index (χ3n) is 7.13. The highest BCUT2D eigenvalue weighted by atomic mass is 19.4. The molecule has 44 heavy (non-hydrogen) atoms. The number of rotatable bonds is 7. The Balaban J connectivity index is 1.30. The van der Waals surface area contributed by atoms with E-state index in [4.69, 9.17) is 19.9 Å². The Bertz CT molecular complexity index is 1670. The van der Waals surface area contributed by atoms with Crippen LogP contribution in [0.1, 0.15) is 55.1 Å². The number of carbonyl (C=O) groups excluding carboxylic acids is 2. The van der Waals surface area contributed by atoms with Crippen LogP contribution >= 0.6 is 0 Å². The van der Waals surface area contributed by atoms with Crippen molar-refractivity contribution in [1.29, 1.82) is 0 Å². The summed E-state index contributed by atoms with van der Waals surface area (Å²) in [5, 5.41) is 0. The molecule has 9 nitrogen and oxygen atoms in total. The van der Waals surface area contributed by atoms with Crippen LogP contribution < -0.4 is 15.2 Å². The Morgan fingerprint density at radius 1 is 1.02 bits per heavy atom. The number of nitrogens with two attached hydrogens (primary N) is 1. The molecule has 3 heterocycles. The number of fused-ring (bicyclic) bond motifs is 1. The van der Waals surface area contributed by atoms with Crippen LogP contribution in [-0.2, 0) is 17.5 Å². The number of pyridine rings is 1. The van der Waals surface area contributed by atoms with Crippen molar-refractivity contribution in [2.24, 2.45) is 5.73 Å². The first-order chi connectivity index (χ1) is 20.8. The largest absolute Gasteiger partial charge is 0.490 e. The van der Waals surface area contributed by atoms with E-state index in [1.807, 2.05) is 31.2 Å². The van der Waals surface area contributed by atoms with Gasteiger partial charge in [-0.3, -0.25) is 9.20 Å². The second kappa shape index (κ2) is 12.1. The number of alkyl halides is 3. The highest BCUT2D eigenvalue weighted by Gasteiger charge is 2.33. The van der Waals surface area contributed by atoms with E-state index in [1.165, 1.54) is 24.3 Å². The van der Waals surface area contributed by atoms with Crippen molar-refractivity contribution in [3.63, 3.8) is 0 Å². The number of halogens is 3. The van der Waals surface area contributed by atoms with E-state index in [2.05, 4.69) is 4.98 Å². The first kappa shape index (κ1) is 30.7. The number of piperidine rings is 1. The Labute approximate surface area is 252 Å². The van der Waals surface area contributed by atoms with Gasteiger partial charge in [0.05, 0.1) is 23.0 Å². The molecular formula is C32H33F3N4O5. The molecule has 2 N–H and O–H groups in total. The Kier molecular flexibility index (Phi) is 8.44. The minimum Gasteiger partial charge on any atom is -0.490 e. The summed E-state index contributed by atoms with van der Waals surface area (Å²) in [6.07, 6.45) is -0.199. The summed E-state index contributed by atoms with van der Waals surface area (Å²) in [5.41, 5.74) is 6.01. The van der Waals surface area contributed by atoms with Crippen molar-refractivity contribution in [3.8, 4) is 22.8 Å². The van der Waals surface area contributed by atoms with Gasteiger partial charge in [0.15, 0.2) is 0 Å². The molecule has 0 spiro atoms. The third-order valence-corrected chi connectivity index (χ3v) is 7.13. The highest BCUT2D eigenvalue weighted by molar-refractivity contribution is 5.96. The average Bonchev–Trinajstić information content (AvgIpc) is 3.38. The summed E-state index contributed by atoms with van der Waals surface area (Å²) >= 11 is 0. The van der Waals surface area contributed by atoms with Gasteiger partial charge in [0, 0.05) is 49.3 Å². The van der Waals surface area contributed by atoms with Crippen LogP contribution in [0.2, 0.25) is 0 Å². The van der Waals surface area contributed by atoms with Crippen molar-refractivity contribution in [1.82, 2.24) is 14.3 Å². The molecule has 2 aromatic heterocycles. The van der Waals surface area contributed by atoms with Gasteiger partial charge in [-0.15, -0.1) is 0 Å². The number of ether oxygens (including phenoxy) is 3. The third kappa shape index (κ3) is 7.07. The number of imidazole rings is 1. The predicted octanol–water partition coefficient (Wildman–Crippen LogP) is 6.48. The zero-order chi connectivity index (χ0) is 31.6. The maximum absolute atomic E-state index is 13.5. The van der Waals surface area contributed by atoms with Crippen molar-refractivity contribution < 1.29 is 37.0 Å². The fourth-order valence-corrected chi connectivity index (χ4v) is 5.01. The van der Waals surface area contributed by atoms with Crippen LogP contribution in [0.4, 0.5) is 18.0 Å². The maximum atomic E-state index is 13.5. The van der Waals surface area contributed by atoms with Crippen molar-refractivity contribution >= 4 is 17.6 Å². The lowest BCUT2D eigenvalue weighted by atomic mass is 10.1. The molecule has 0 unspecified atom stereocenters. The minimum absolute atomic E-state index is 0.0421. The van der Waals surface area contributed by atoms with Crippen LogP contribution in [-0.4, -0.2) is 51.1 Å². The molecule has 5 rings (SSSR count). The quantitative estimate of drug-likeness (QED) is 0.257. The van der Waals surface area contributed by atoms with Crippen LogP contribution in [0.15, 0.2) is 67.0 Å². The molecule has 0 aliphatic carbocycles. The van der Waals surface area contributed by atoms with Gasteiger partial charge in [-0.25, -0.2) is 9.78 Å². The molecule has 12 heteroatoms. The molecule has 1 aliphatic rings. The number of carbonyl (C=O) groups is 2. The summed E-state index contributed by atoms with van der Waals surface area (Å²) in [7, 11) is 0. The lowest BCUT2D eigenvalue weighted by molar-refractivity contribution is -0.138. The molecule has 1 saturated heterocycles. The SMILES string of the molecule is CC(C)(C)OC(=O)N1CCC(Oc2ccn3c(-c4ccc(C(N)=O)c(OCc5ccccc5C(F)(F)F)c4)cnc3c2)CC1. The van der Waals surface area contributed by atoms with Gasteiger partial charge in [-0.2, -0.15) is 13.2 Å². The summed E-state index contributed by atoms with van der Waals surface area (Å²) in [6.45, 7) is 6.16. The standard InChI is InChI=1S/C32H33F3N4O5/c1-31(2,3)44-30(41)38-13-10-22(11-14-38)43-23-12-15-39-26(18-37-28(39)17-23)20-8-9-24(29(36)40)27(16-20)42-19-21-6-4-5-7-25(21)32(33,34)35/h4-9,12,15-18,22H,10-11,13-14,19H2,1-3H3,(H2,36,40). The number of primary amides is 1. The molecule has 232 valence electrons. The van der Waals surface area contributed by atoms with Crippen LogP contribution in [0, 0.1) is 0 Å². The smallest absolute Gasteiger partial charge is 0.416 e. The van der Waals surface area contributed by atoms with Crippen molar-refractivity contribution in [2.45, 2.75) is 58.1 Å². The number of hydrogen-bond acceptors (Lipinski definition) is 6. The van der Waals surface area contributed by atoms with Gasteiger partial charge in [0.1, 0.15) is 35.5 Å². The number of benzene rings is 2. The summed E-state index contributed by atoms with van der Waals surface area (Å²) in [6, 6.07) is 13.4. The first-order valence-corrected chi connectivity index (χ1v) is 14.1. The van der Waals surface area contributed by atoms with Crippen LogP contribution in [0.5, 0.6) is 11.5 Å². The molecular weight excluding hydrogens is 577 g/mol. The zero-order valence-electron chi connectivity index (χ0n) is 24.6. The first-order valence-electron chi connectivity index (χ1n) is 14.1. The second-order valence-electron chi connectivity index (χ2n) is 11.5. The number of likely N-dealkylation sites (tertiary alicyclic amines) is 1. The van der Waals surface area contributed by atoms with Gasteiger partial charge < -0.3 is 24.8 Å². The molecule has 0 radical (unpaired) electrons. The van der Waals surface area contributed by atoms with Gasteiger partial charge in [0.2, 0.25) is 0 Å². The number of nitrogens with zero attached hydrogens (tertiary/aromatic N) is 3. The van der Waals surface area contributed by atoms with E-state index in [-0.39, 0.29) is 29.1 Å². The molecule has 2 amide bonds. The normalized spacial score (nSPS) is 14.5. The van der Waals surface area contributed by atoms with Crippen molar-refractivity contribution in [2.75, 3.05) is 13.1 Å². The lowest BCUT2D eigenvalue weighted by Gasteiger charge is -2.33. The molecule has 0 atom stereocenters. The molecule has 1 aliphatic heterocycles. The molecule has 0 saturated carbocycles. The van der Waals surface area contributed by atoms with E-state index in [9.17, 15) is 22.8 Å². The number of amides is 2. The van der Waals surface area contributed by atoms with E-state index in [0.29, 0.717) is 48.6 Å². The Morgan fingerprint density at radius 2 is 1.75 bits per heavy atom. The fraction of sp³-hybridized carbons (Fsp3) is 0.344. The lowest BCUT2D eigenvalue weighted by Crippen LogP contribution is -2.44. The summed E-state index contributed by atoms with van der Waals surface area (Å²) in [4.78, 5) is 30.6. The van der Waals surface area contributed by atoms with Gasteiger partial charge >= 0.3 is 12.3 Å². The van der Waals surface area contributed by atoms with E-state index in [1.54, 1.807) is 35.5 Å². The Hall–Kier alpha value is -4.74. The molecule has 4 aromatic rings. The van der Waals surface area contributed by atoms with Crippen LogP contribution in [0.25, 0.3) is 16.9 Å². The molecule has 0 bridgehead atoms. The minimum atomic E-state index is -4.55. The zero-order valence-corrected chi connectivity index (χ0v) is 24.6. The summed E-state index contributed by atoms with van der Waals surface area (Å²) < 4.78 is 59.6. The van der Waals surface area contributed by atoms with Crippen molar-refractivity contribution in [3.05, 3.63) is 83.7 Å². The van der Waals surface area contributed by atoms with Gasteiger partial charge in [0.25, 0.3) is 5.91 Å². The monoisotopic (exact) mass is 610 g/mol. The highest BCUT2D eigenvalue weighted by Crippen LogP contribution is 2.34. The number of aromatic nitrogens is 2. The van der Waals surface area contributed by atoms with Gasteiger partial charge in [-0.05, 0) is 45.0 Å². The van der Waals surface area contributed by atoms with E-state index in [0.717, 1.165) is 6.07 Å². The molecule has 2 aromatic carbocycles. The van der Waals surface area contributed by atoms with Crippen LogP contribution in [0.3, 0.4) is 0 Å². The van der Waals surface area contributed by atoms with E-state index >= 15 is 0 Å². The maximum Gasteiger partial charge on any atom is 0.416 e. The Morgan fingerprint density at radius 3 is 2.43 bits per heavy atom. The van der Waals surface area contributed by atoms with E-state index < -0.39 is 29.9 Å². The molecule has 1 fully saturated rings.